The zero-order valence-corrected chi connectivity index (χ0v) is 17.2. The molecule has 0 spiro atoms. The molecule has 0 saturated heterocycles. The lowest BCUT2D eigenvalue weighted by Gasteiger charge is -2.35. The molecule has 1 aromatic heterocycles. The van der Waals surface area contributed by atoms with Gasteiger partial charge in [-0.2, -0.15) is 0 Å². The number of imidazole rings is 1. The predicted molar refractivity (Wildman–Crippen MR) is 111 cm³/mol. The first-order chi connectivity index (χ1) is 14.8. The van der Waals surface area contributed by atoms with Gasteiger partial charge in [0.2, 0.25) is 0 Å². The highest BCUT2D eigenvalue weighted by molar-refractivity contribution is 6.05. The molecule has 2 fully saturated rings. The van der Waals surface area contributed by atoms with Crippen LogP contribution < -0.4 is 11.1 Å². The standard InChI is InChI=1S/C23H23FN4O3/c1-26-22(30)19-18(20(25)29)27-21-16-10-12(4-7-23(31)5-2-3-6-23)17(24)11-15(16)13-8-14(9-13)28(19)21/h10-11,13-14,31H,2-3,5-6,8-9H2,1H3,(H2,25,29)(H,26,30). The maximum Gasteiger partial charge on any atom is 0.270 e. The Morgan fingerprint density at radius 3 is 2.68 bits per heavy atom. The highest BCUT2D eigenvalue weighted by Crippen LogP contribution is 2.53. The Balaban J connectivity index is 1.70. The topological polar surface area (TPSA) is 110 Å². The lowest BCUT2D eigenvalue weighted by Crippen LogP contribution is -2.30. The zero-order valence-electron chi connectivity index (χ0n) is 17.2. The molecule has 2 saturated carbocycles. The molecule has 0 atom stereocenters. The van der Waals surface area contributed by atoms with Gasteiger partial charge in [-0.05, 0) is 62.1 Å². The molecule has 4 N–H and O–H groups in total. The fourth-order valence-electron chi connectivity index (χ4n) is 5.02. The number of nitrogens with zero attached hydrogens (tertiary/aromatic N) is 2. The minimum absolute atomic E-state index is 0.0166. The van der Waals surface area contributed by atoms with E-state index < -0.39 is 23.2 Å². The summed E-state index contributed by atoms with van der Waals surface area (Å²) in [6, 6.07) is 3.08. The Bertz CT molecular complexity index is 1180. The smallest absolute Gasteiger partial charge is 0.270 e. The van der Waals surface area contributed by atoms with E-state index in [1.807, 2.05) is 0 Å². The number of nitrogens with two attached hydrogens (primary N) is 1. The van der Waals surface area contributed by atoms with Crippen molar-refractivity contribution in [2.45, 2.75) is 56.1 Å². The largest absolute Gasteiger partial charge is 0.378 e. The number of aromatic nitrogens is 2. The number of nitrogens with one attached hydrogen (secondary N) is 1. The summed E-state index contributed by atoms with van der Waals surface area (Å²) in [6.07, 6.45) is 4.41. The molecule has 160 valence electrons. The van der Waals surface area contributed by atoms with Gasteiger partial charge in [0.05, 0.1) is 5.56 Å². The van der Waals surface area contributed by atoms with Crippen molar-refractivity contribution in [2.75, 3.05) is 7.05 Å². The van der Waals surface area contributed by atoms with Crippen molar-refractivity contribution in [1.82, 2.24) is 14.9 Å². The molecule has 4 aliphatic rings. The van der Waals surface area contributed by atoms with E-state index in [9.17, 15) is 19.1 Å². The van der Waals surface area contributed by atoms with Gasteiger partial charge in [0.1, 0.15) is 22.9 Å². The molecule has 3 heterocycles. The summed E-state index contributed by atoms with van der Waals surface area (Å²) in [7, 11) is 1.48. The SMILES string of the molecule is CNC(=O)c1c(C(N)=O)nc2n1C1CC(C1)c1cc(F)c(C#CC3(O)CCCC3)cc1-2. The quantitative estimate of drug-likeness (QED) is 0.645. The van der Waals surface area contributed by atoms with Crippen LogP contribution in [0.1, 0.15) is 82.6 Å². The van der Waals surface area contributed by atoms with Gasteiger partial charge >= 0.3 is 0 Å². The van der Waals surface area contributed by atoms with E-state index in [4.69, 9.17) is 5.73 Å². The average Bonchev–Trinajstić information content (AvgIpc) is 3.25. The number of hydrogen-bond donors (Lipinski definition) is 3. The number of benzene rings is 1. The van der Waals surface area contributed by atoms with Crippen LogP contribution >= 0.6 is 0 Å². The van der Waals surface area contributed by atoms with Crippen molar-refractivity contribution in [1.29, 1.82) is 0 Å². The molecule has 2 aromatic rings. The van der Waals surface area contributed by atoms with Crippen LogP contribution in [0.2, 0.25) is 0 Å². The van der Waals surface area contributed by atoms with E-state index in [2.05, 4.69) is 22.1 Å². The molecule has 2 aliphatic heterocycles. The van der Waals surface area contributed by atoms with Crippen molar-refractivity contribution in [3.63, 3.8) is 0 Å². The van der Waals surface area contributed by atoms with Gasteiger partial charge in [0.15, 0.2) is 5.69 Å². The van der Waals surface area contributed by atoms with Crippen LogP contribution in [0.3, 0.4) is 0 Å². The summed E-state index contributed by atoms with van der Waals surface area (Å²) in [5.41, 5.74) is 6.08. The van der Waals surface area contributed by atoms with Crippen LogP contribution in [-0.4, -0.2) is 39.1 Å². The number of amides is 2. The normalized spacial score (nSPS) is 22.3. The van der Waals surface area contributed by atoms with Gasteiger partial charge in [0, 0.05) is 18.7 Å². The lowest BCUT2D eigenvalue weighted by atomic mass is 9.75. The second-order valence-electron chi connectivity index (χ2n) is 8.68. The molecule has 2 amide bonds. The predicted octanol–water partition coefficient (Wildman–Crippen LogP) is 2.24. The van der Waals surface area contributed by atoms with Crippen molar-refractivity contribution in [3.8, 4) is 23.2 Å². The summed E-state index contributed by atoms with van der Waals surface area (Å²) in [6.45, 7) is 0. The highest BCUT2D eigenvalue weighted by atomic mass is 19.1. The Kier molecular flexibility index (Phi) is 4.41. The molecule has 6 rings (SSSR count). The Labute approximate surface area is 178 Å². The van der Waals surface area contributed by atoms with Crippen LogP contribution in [-0.2, 0) is 0 Å². The highest BCUT2D eigenvalue weighted by Gasteiger charge is 2.42. The Morgan fingerprint density at radius 2 is 2.03 bits per heavy atom. The van der Waals surface area contributed by atoms with Crippen LogP contribution in [0, 0.1) is 17.7 Å². The van der Waals surface area contributed by atoms with Gasteiger partial charge in [-0.1, -0.05) is 11.8 Å². The van der Waals surface area contributed by atoms with Crippen LogP contribution in [0.15, 0.2) is 12.1 Å². The van der Waals surface area contributed by atoms with Crippen molar-refractivity contribution in [3.05, 3.63) is 40.5 Å². The van der Waals surface area contributed by atoms with Crippen molar-refractivity contribution < 1.29 is 19.1 Å². The van der Waals surface area contributed by atoms with E-state index in [1.165, 1.54) is 13.1 Å². The van der Waals surface area contributed by atoms with Crippen molar-refractivity contribution >= 4 is 11.8 Å². The van der Waals surface area contributed by atoms with Gasteiger partial charge in [-0.25, -0.2) is 9.37 Å². The van der Waals surface area contributed by atoms with E-state index in [0.717, 1.165) is 31.2 Å². The van der Waals surface area contributed by atoms with Gasteiger partial charge < -0.3 is 20.7 Å². The molecule has 0 unspecified atom stereocenters. The summed E-state index contributed by atoms with van der Waals surface area (Å²) >= 11 is 0. The third kappa shape index (κ3) is 3.03. The van der Waals surface area contributed by atoms with E-state index >= 15 is 0 Å². The summed E-state index contributed by atoms with van der Waals surface area (Å²) in [4.78, 5) is 29.0. The number of aliphatic hydroxyl groups is 1. The van der Waals surface area contributed by atoms with Gasteiger partial charge in [0.25, 0.3) is 11.8 Å². The van der Waals surface area contributed by atoms with E-state index in [-0.39, 0.29) is 28.9 Å². The van der Waals surface area contributed by atoms with Crippen LogP contribution in [0.4, 0.5) is 4.39 Å². The minimum atomic E-state index is -1.08. The maximum absolute atomic E-state index is 14.9. The van der Waals surface area contributed by atoms with Crippen LogP contribution in [0.5, 0.6) is 0 Å². The fraction of sp³-hybridized carbons (Fsp3) is 0.435. The first kappa shape index (κ1) is 19.8. The third-order valence-corrected chi connectivity index (χ3v) is 6.75. The fourth-order valence-corrected chi connectivity index (χ4v) is 5.02. The summed E-state index contributed by atoms with van der Waals surface area (Å²) in [5, 5.41) is 13.1. The second-order valence-corrected chi connectivity index (χ2v) is 8.68. The average molecular weight is 422 g/mol. The van der Waals surface area contributed by atoms with Crippen LogP contribution in [0.25, 0.3) is 11.4 Å². The maximum atomic E-state index is 14.9. The molecular weight excluding hydrogens is 399 g/mol. The molecule has 0 radical (unpaired) electrons. The number of halogens is 1. The second kappa shape index (κ2) is 6.92. The molecule has 8 heteroatoms. The summed E-state index contributed by atoms with van der Waals surface area (Å²) in [5.74, 6) is 4.56. The zero-order chi connectivity index (χ0) is 21.9. The molecular formula is C23H23FN4O3. The number of carbonyl (C=O) groups is 2. The van der Waals surface area contributed by atoms with Gasteiger partial charge in [-0.15, -0.1) is 0 Å². The van der Waals surface area contributed by atoms with E-state index in [0.29, 0.717) is 24.2 Å². The van der Waals surface area contributed by atoms with Gasteiger partial charge in [-0.3, -0.25) is 9.59 Å². The first-order valence-electron chi connectivity index (χ1n) is 10.5. The molecule has 2 bridgehead atoms. The molecule has 7 nitrogen and oxygen atoms in total. The number of rotatable bonds is 2. The number of hydrogen-bond acceptors (Lipinski definition) is 4. The Hall–Kier alpha value is -3.18. The molecule has 1 aromatic carbocycles. The van der Waals surface area contributed by atoms with E-state index in [1.54, 1.807) is 10.6 Å². The minimum Gasteiger partial charge on any atom is -0.378 e. The first-order valence-corrected chi connectivity index (χ1v) is 10.5. The summed E-state index contributed by atoms with van der Waals surface area (Å²) < 4.78 is 16.7. The molecule has 31 heavy (non-hydrogen) atoms. The van der Waals surface area contributed by atoms with Crippen molar-refractivity contribution in [2.24, 2.45) is 5.73 Å². The number of primary amides is 1. The lowest BCUT2D eigenvalue weighted by molar-refractivity contribution is 0.0928. The Morgan fingerprint density at radius 1 is 1.32 bits per heavy atom. The monoisotopic (exact) mass is 422 g/mol. The molecule has 2 aliphatic carbocycles. The number of carbonyl (C=O) groups excluding carboxylic acids is 2. The third-order valence-electron chi connectivity index (χ3n) is 6.75.